The number of carbonyl (C=O) groups excluding carboxylic acids is 1. The monoisotopic (exact) mass is 260 g/mol. The van der Waals surface area contributed by atoms with Crippen LogP contribution in [0.25, 0.3) is 0 Å². The number of aromatic nitrogens is 2. The van der Waals surface area contributed by atoms with Gasteiger partial charge in [0.1, 0.15) is 5.82 Å². The molecular weight excluding hydrogens is 240 g/mol. The highest BCUT2D eigenvalue weighted by Crippen LogP contribution is 2.19. The molecule has 0 aromatic carbocycles. The van der Waals surface area contributed by atoms with Gasteiger partial charge in [0.05, 0.1) is 5.69 Å². The predicted octanol–water partition coefficient (Wildman–Crippen LogP) is 1.67. The SMILES string of the molecule is Cc1ccc(NCCNC(=O)CC2C=CCC2)nn1. The summed E-state index contributed by atoms with van der Waals surface area (Å²) in [5.74, 6) is 1.28. The van der Waals surface area contributed by atoms with Crippen LogP contribution in [0.3, 0.4) is 0 Å². The van der Waals surface area contributed by atoms with Crippen LogP contribution in [0.15, 0.2) is 24.3 Å². The number of anilines is 1. The average Bonchev–Trinajstić information content (AvgIpc) is 2.89. The van der Waals surface area contributed by atoms with E-state index in [1.54, 1.807) is 0 Å². The van der Waals surface area contributed by atoms with Gasteiger partial charge < -0.3 is 10.6 Å². The smallest absolute Gasteiger partial charge is 0.220 e. The molecule has 0 bridgehead atoms. The molecule has 1 aromatic heterocycles. The van der Waals surface area contributed by atoms with Crippen LogP contribution in [0.4, 0.5) is 5.82 Å². The van der Waals surface area contributed by atoms with Gasteiger partial charge in [-0.1, -0.05) is 12.2 Å². The normalized spacial score (nSPS) is 17.4. The molecule has 1 unspecified atom stereocenters. The first-order valence-corrected chi connectivity index (χ1v) is 6.71. The number of hydrogen-bond donors (Lipinski definition) is 2. The number of hydrogen-bond acceptors (Lipinski definition) is 4. The van der Waals surface area contributed by atoms with Gasteiger partial charge in [0.2, 0.25) is 5.91 Å². The van der Waals surface area contributed by atoms with E-state index >= 15 is 0 Å². The summed E-state index contributed by atoms with van der Waals surface area (Å²) in [7, 11) is 0. The predicted molar refractivity (Wildman–Crippen MR) is 74.7 cm³/mol. The number of amides is 1. The van der Waals surface area contributed by atoms with Crippen molar-refractivity contribution in [2.45, 2.75) is 26.2 Å². The Morgan fingerprint density at radius 3 is 2.95 bits per heavy atom. The third-order valence-electron chi connectivity index (χ3n) is 3.11. The maximum absolute atomic E-state index is 11.7. The molecule has 5 nitrogen and oxygen atoms in total. The van der Waals surface area contributed by atoms with E-state index in [1.165, 1.54) is 0 Å². The molecule has 1 heterocycles. The quantitative estimate of drug-likeness (QED) is 0.603. The zero-order chi connectivity index (χ0) is 13.5. The second kappa shape index (κ2) is 6.87. The van der Waals surface area contributed by atoms with Crippen molar-refractivity contribution in [3.63, 3.8) is 0 Å². The summed E-state index contributed by atoms with van der Waals surface area (Å²) in [5, 5.41) is 14.0. The van der Waals surface area contributed by atoms with Crippen molar-refractivity contribution in [2.24, 2.45) is 5.92 Å². The third kappa shape index (κ3) is 4.69. The first-order chi connectivity index (χ1) is 9.24. The molecule has 0 saturated heterocycles. The molecular formula is C14H20N4O. The molecule has 19 heavy (non-hydrogen) atoms. The van der Waals surface area contributed by atoms with E-state index in [-0.39, 0.29) is 5.91 Å². The lowest BCUT2D eigenvalue weighted by atomic mass is 10.1. The van der Waals surface area contributed by atoms with Gasteiger partial charge in [-0.3, -0.25) is 4.79 Å². The van der Waals surface area contributed by atoms with E-state index in [0.29, 0.717) is 25.4 Å². The molecule has 0 spiro atoms. The molecule has 2 N–H and O–H groups in total. The summed E-state index contributed by atoms with van der Waals surface area (Å²) in [6.45, 7) is 3.16. The van der Waals surface area contributed by atoms with Gasteiger partial charge >= 0.3 is 0 Å². The standard InChI is InChI=1S/C14H20N4O/c1-11-6-7-13(18-17-11)15-8-9-16-14(19)10-12-4-2-3-5-12/h2,4,6-7,12H,3,5,8-10H2,1H3,(H,15,18)(H,16,19). The Morgan fingerprint density at radius 1 is 1.37 bits per heavy atom. The van der Waals surface area contributed by atoms with Crippen molar-refractivity contribution in [1.29, 1.82) is 0 Å². The maximum Gasteiger partial charge on any atom is 0.220 e. The molecule has 0 radical (unpaired) electrons. The lowest BCUT2D eigenvalue weighted by Crippen LogP contribution is -2.29. The van der Waals surface area contributed by atoms with Gasteiger partial charge in [0, 0.05) is 19.5 Å². The lowest BCUT2D eigenvalue weighted by molar-refractivity contribution is -0.121. The summed E-state index contributed by atoms with van der Waals surface area (Å²) in [4.78, 5) is 11.7. The third-order valence-corrected chi connectivity index (χ3v) is 3.11. The van der Waals surface area contributed by atoms with Crippen LogP contribution in [-0.2, 0) is 4.79 Å². The average molecular weight is 260 g/mol. The Bertz CT molecular complexity index is 441. The minimum Gasteiger partial charge on any atom is -0.367 e. The van der Waals surface area contributed by atoms with E-state index in [0.717, 1.165) is 24.4 Å². The van der Waals surface area contributed by atoms with Crippen molar-refractivity contribution in [2.75, 3.05) is 18.4 Å². The van der Waals surface area contributed by atoms with Gasteiger partial charge in [0.25, 0.3) is 0 Å². The number of nitrogens with zero attached hydrogens (tertiary/aromatic N) is 2. The number of aryl methyl sites for hydroxylation is 1. The molecule has 1 atom stereocenters. The first kappa shape index (κ1) is 13.5. The molecule has 1 aliphatic carbocycles. The van der Waals surface area contributed by atoms with Crippen LogP contribution < -0.4 is 10.6 Å². The number of rotatable bonds is 6. The molecule has 102 valence electrons. The van der Waals surface area contributed by atoms with Gasteiger partial charge in [0.15, 0.2) is 0 Å². The van der Waals surface area contributed by atoms with E-state index in [1.807, 2.05) is 19.1 Å². The van der Waals surface area contributed by atoms with Crippen LogP contribution in [-0.4, -0.2) is 29.2 Å². The summed E-state index contributed by atoms with van der Waals surface area (Å²) in [6, 6.07) is 3.79. The van der Waals surface area contributed by atoms with E-state index in [4.69, 9.17) is 0 Å². The van der Waals surface area contributed by atoms with Crippen LogP contribution in [0.5, 0.6) is 0 Å². The van der Waals surface area contributed by atoms with E-state index in [9.17, 15) is 4.79 Å². The first-order valence-electron chi connectivity index (χ1n) is 6.71. The van der Waals surface area contributed by atoms with Crippen molar-refractivity contribution >= 4 is 11.7 Å². The Hall–Kier alpha value is -1.91. The summed E-state index contributed by atoms with van der Waals surface area (Å²) in [5.41, 5.74) is 0.892. The summed E-state index contributed by atoms with van der Waals surface area (Å²) >= 11 is 0. The van der Waals surface area contributed by atoms with Crippen LogP contribution in [0.2, 0.25) is 0 Å². The number of carbonyl (C=O) groups is 1. The van der Waals surface area contributed by atoms with Crippen LogP contribution in [0.1, 0.15) is 25.0 Å². The largest absolute Gasteiger partial charge is 0.367 e. The van der Waals surface area contributed by atoms with Gasteiger partial charge in [-0.05, 0) is 37.8 Å². The highest BCUT2D eigenvalue weighted by atomic mass is 16.1. The lowest BCUT2D eigenvalue weighted by Gasteiger charge is -2.09. The molecule has 0 aliphatic heterocycles. The summed E-state index contributed by atoms with van der Waals surface area (Å²) < 4.78 is 0. The molecule has 2 rings (SSSR count). The fourth-order valence-corrected chi connectivity index (χ4v) is 2.06. The van der Waals surface area contributed by atoms with E-state index in [2.05, 4.69) is 33.0 Å². The highest BCUT2D eigenvalue weighted by molar-refractivity contribution is 5.76. The van der Waals surface area contributed by atoms with E-state index < -0.39 is 0 Å². The molecule has 0 saturated carbocycles. The van der Waals surface area contributed by atoms with Crippen LogP contribution >= 0.6 is 0 Å². The zero-order valence-corrected chi connectivity index (χ0v) is 11.2. The molecule has 5 heteroatoms. The fraction of sp³-hybridized carbons (Fsp3) is 0.500. The second-order valence-corrected chi connectivity index (χ2v) is 4.81. The van der Waals surface area contributed by atoms with Crippen molar-refractivity contribution < 1.29 is 4.79 Å². The topological polar surface area (TPSA) is 66.9 Å². The fourth-order valence-electron chi connectivity index (χ4n) is 2.06. The summed E-state index contributed by atoms with van der Waals surface area (Å²) in [6.07, 6.45) is 7.09. The molecule has 0 fully saturated rings. The molecule has 1 amide bonds. The van der Waals surface area contributed by atoms with Crippen molar-refractivity contribution in [3.8, 4) is 0 Å². The highest BCUT2D eigenvalue weighted by Gasteiger charge is 2.13. The van der Waals surface area contributed by atoms with Crippen LogP contribution in [0, 0.1) is 12.8 Å². The number of nitrogens with one attached hydrogen (secondary N) is 2. The Kier molecular flexibility index (Phi) is 4.89. The number of allylic oxidation sites excluding steroid dienone is 2. The Morgan fingerprint density at radius 2 is 2.26 bits per heavy atom. The minimum atomic E-state index is 0.119. The van der Waals surface area contributed by atoms with Gasteiger partial charge in [-0.25, -0.2) is 0 Å². The molecule has 1 aliphatic rings. The Labute approximate surface area is 113 Å². The van der Waals surface area contributed by atoms with Crippen molar-refractivity contribution in [3.05, 3.63) is 30.0 Å². The minimum absolute atomic E-state index is 0.119. The van der Waals surface area contributed by atoms with Gasteiger partial charge in [-0.15, -0.1) is 5.10 Å². The van der Waals surface area contributed by atoms with Gasteiger partial charge in [-0.2, -0.15) is 5.10 Å². The Balaban J connectivity index is 1.59. The maximum atomic E-state index is 11.7. The second-order valence-electron chi connectivity index (χ2n) is 4.81. The zero-order valence-electron chi connectivity index (χ0n) is 11.2. The molecule has 1 aromatic rings. The van der Waals surface area contributed by atoms with Crippen molar-refractivity contribution in [1.82, 2.24) is 15.5 Å².